The minimum absolute atomic E-state index is 0.0593. The summed E-state index contributed by atoms with van der Waals surface area (Å²) in [6, 6.07) is 15.4. The first-order valence-electron chi connectivity index (χ1n) is 7.10. The van der Waals surface area contributed by atoms with Crippen LogP contribution in [0, 0.1) is 0 Å². The molecule has 1 aromatic carbocycles. The van der Waals surface area contributed by atoms with E-state index >= 15 is 0 Å². The van der Waals surface area contributed by atoms with Gasteiger partial charge in [-0.2, -0.15) is 0 Å². The van der Waals surface area contributed by atoms with Gasteiger partial charge in [-0.15, -0.1) is 0 Å². The Kier molecular flexibility index (Phi) is 4.36. The van der Waals surface area contributed by atoms with Gasteiger partial charge in [-0.05, 0) is 30.7 Å². The maximum Gasteiger partial charge on any atom is 0.258 e. The van der Waals surface area contributed by atoms with E-state index in [2.05, 4.69) is 39.2 Å². The van der Waals surface area contributed by atoms with Gasteiger partial charge in [0.05, 0.1) is 5.69 Å². The van der Waals surface area contributed by atoms with Gasteiger partial charge in [-0.3, -0.25) is 9.20 Å². The first-order chi connectivity index (χ1) is 10.6. The summed E-state index contributed by atoms with van der Waals surface area (Å²) in [5.74, 6) is 0. The monoisotopic (exact) mass is 357 g/mol. The Morgan fingerprint density at radius 1 is 1.23 bits per heavy atom. The number of nitrogens with one attached hydrogen (secondary N) is 1. The van der Waals surface area contributed by atoms with Gasteiger partial charge in [0.1, 0.15) is 5.65 Å². The van der Waals surface area contributed by atoms with Crippen molar-refractivity contribution in [3.8, 4) is 0 Å². The lowest BCUT2D eigenvalue weighted by Crippen LogP contribution is -2.22. The van der Waals surface area contributed by atoms with Crippen LogP contribution in [0.5, 0.6) is 0 Å². The maximum atomic E-state index is 12.1. The molecule has 0 amide bonds. The lowest BCUT2D eigenvalue weighted by atomic mass is 10.1. The molecule has 3 rings (SSSR count). The van der Waals surface area contributed by atoms with Crippen LogP contribution in [0.3, 0.4) is 0 Å². The first-order valence-corrected chi connectivity index (χ1v) is 7.89. The van der Waals surface area contributed by atoms with Crippen LogP contribution in [0.2, 0.25) is 0 Å². The summed E-state index contributed by atoms with van der Waals surface area (Å²) >= 11 is 3.56. The van der Waals surface area contributed by atoms with Crippen molar-refractivity contribution in [1.82, 2.24) is 14.7 Å². The quantitative estimate of drug-likeness (QED) is 0.779. The second-order valence-corrected chi connectivity index (χ2v) is 5.99. The zero-order valence-electron chi connectivity index (χ0n) is 12.2. The van der Waals surface area contributed by atoms with Gasteiger partial charge in [0, 0.05) is 29.3 Å². The molecule has 2 aromatic heterocycles. The third-order valence-corrected chi connectivity index (χ3v) is 4.31. The topological polar surface area (TPSA) is 46.4 Å². The van der Waals surface area contributed by atoms with Gasteiger partial charge in [0.15, 0.2) is 0 Å². The normalized spacial score (nSPS) is 12.5. The molecular weight excluding hydrogens is 342 g/mol. The molecule has 3 aromatic rings. The van der Waals surface area contributed by atoms with Gasteiger partial charge in [0.25, 0.3) is 5.56 Å². The SMILES string of the molecule is C[C@H](NCc1cc(=O)n2ccccc2n1)c1ccccc1Br. The highest BCUT2D eigenvalue weighted by Gasteiger charge is 2.09. The number of rotatable bonds is 4. The van der Waals surface area contributed by atoms with E-state index in [0.717, 1.165) is 10.2 Å². The number of pyridine rings is 1. The molecule has 1 N–H and O–H groups in total. The molecule has 2 heterocycles. The van der Waals surface area contributed by atoms with Gasteiger partial charge in [-0.1, -0.05) is 40.2 Å². The average molecular weight is 358 g/mol. The average Bonchev–Trinajstić information content (AvgIpc) is 2.53. The summed E-state index contributed by atoms with van der Waals surface area (Å²) in [4.78, 5) is 16.6. The van der Waals surface area contributed by atoms with Crippen LogP contribution in [0.25, 0.3) is 5.65 Å². The molecule has 22 heavy (non-hydrogen) atoms. The summed E-state index contributed by atoms with van der Waals surface area (Å²) < 4.78 is 2.61. The molecule has 0 saturated carbocycles. The molecule has 0 aliphatic heterocycles. The lowest BCUT2D eigenvalue weighted by Gasteiger charge is -2.15. The Hall–Kier alpha value is -1.98. The molecule has 0 aliphatic rings. The van der Waals surface area contributed by atoms with Crippen molar-refractivity contribution in [2.24, 2.45) is 0 Å². The summed E-state index contributed by atoms with van der Waals surface area (Å²) in [5, 5.41) is 3.41. The molecule has 1 atom stereocenters. The molecule has 112 valence electrons. The van der Waals surface area contributed by atoms with Crippen molar-refractivity contribution in [3.63, 3.8) is 0 Å². The zero-order valence-corrected chi connectivity index (χ0v) is 13.7. The number of nitrogens with zero attached hydrogens (tertiary/aromatic N) is 2. The van der Waals surface area contributed by atoms with E-state index in [9.17, 15) is 4.79 Å². The lowest BCUT2D eigenvalue weighted by molar-refractivity contribution is 0.565. The van der Waals surface area contributed by atoms with Crippen molar-refractivity contribution >= 4 is 21.6 Å². The zero-order chi connectivity index (χ0) is 15.5. The Morgan fingerprint density at radius 2 is 2.00 bits per heavy atom. The standard InChI is InChI=1S/C17H16BrN3O/c1-12(14-6-2-3-7-15(14)18)19-11-13-10-17(22)21-9-5-4-8-16(21)20-13/h2-10,12,19H,11H2,1H3/t12-/m0/s1. The highest BCUT2D eigenvalue weighted by atomic mass is 79.9. The van der Waals surface area contributed by atoms with Gasteiger partial charge >= 0.3 is 0 Å². The van der Waals surface area contributed by atoms with E-state index in [1.54, 1.807) is 16.7 Å². The number of aromatic nitrogens is 2. The van der Waals surface area contributed by atoms with Gasteiger partial charge in [-0.25, -0.2) is 4.98 Å². The highest BCUT2D eigenvalue weighted by Crippen LogP contribution is 2.22. The highest BCUT2D eigenvalue weighted by molar-refractivity contribution is 9.10. The number of fused-ring (bicyclic) bond motifs is 1. The number of benzene rings is 1. The number of hydrogen-bond donors (Lipinski definition) is 1. The number of hydrogen-bond acceptors (Lipinski definition) is 3. The number of halogens is 1. The predicted molar refractivity (Wildman–Crippen MR) is 90.9 cm³/mol. The van der Waals surface area contributed by atoms with Crippen molar-refractivity contribution in [2.75, 3.05) is 0 Å². The molecule has 0 radical (unpaired) electrons. The van der Waals surface area contributed by atoms with Gasteiger partial charge in [0.2, 0.25) is 0 Å². The second kappa shape index (κ2) is 6.42. The van der Waals surface area contributed by atoms with Crippen LogP contribution in [0.1, 0.15) is 24.2 Å². The third kappa shape index (κ3) is 3.10. The molecule has 0 aliphatic carbocycles. The molecule has 0 bridgehead atoms. The molecule has 4 nitrogen and oxygen atoms in total. The van der Waals surface area contributed by atoms with E-state index < -0.39 is 0 Å². The molecule has 0 fully saturated rings. The second-order valence-electron chi connectivity index (χ2n) is 5.14. The fourth-order valence-corrected chi connectivity index (χ4v) is 3.02. The smallest absolute Gasteiger partial charge is 0.258 e. The van der Waals surface area contributed by atoms with Crippen LogP contribution in [-0.4, -0.2) is 9.38 Å². The van der Waals surface area contributed by atoms with Crippen molar-refractivity contribution in [1.29, 1.82) is 0 Å². The maximum absolute atomic E-state index is 12.1. The Morgan fingerprint density at radius 3 is 2.82 bits per heavy atom. The van der Waals surface area contributed by atoms with E-state index in [1.807, 2.05) is 36.4 Å². The van der Waals surface area contributed by atoms with E-state index in [4.69, 9.17) is 0 Å². The Bertz CT molecular complexity index is 860. The van der Waals surface area contributed by atoms with Crippen LogP contribution < -0.4 is 10.9 Å². The van der Waals surface area contributed by atoms with E-state index in [-0.39, 0.29) is 11.6 Å². The third-order valence-electron chi connectivity index (χ3n) is 3.59. The molecule has 0 spiro atoms. The summed E-state index contributed by atoms with van der Waals surface area (Å²) in [7, 11) is 0. The van der Waals surface area contributed by atoms with Crippen molar-refractivity contribution < 1.29 is 0 Å². The minimum Gasteiger partial charge on any atom is -0.305 e. The Balaban J connectivity index is 1.79. The van der Waals surface area contributed by atoms with E-state index in [1.165, 1.54) is 5.56 Å². The van der Waals surface area contributed by atoms with Crippen LogP contribution in [0.15, 0.2) is 64.0 Å². The predicted octanol–water partition coefficient (Wildman–Crippen LogP) is 3.31. The fourth-order valence-electron chi connectivity index (χ4n) is 2.39. The largest absolute Gasteiger partial charge is 0.305 e. The van der Waals surface area contributed by atoms with E-state index in [0.29, 0.717) is 12.2 Å². The Labute approximate surface area is 137 Å². The fraction of sp³-hybridized carbons (Fsp3) is 0.176. The molecule has 0 saturated heterocycles. The van der Waals surface area contributed by atoms with Crippen molar-refractivity contribution in [2.45, 2.75) is 19.5 Å². The summed E-state index contributed by atoms with van der Waals surface area (Å²) in [6.07, 6.45) is 1.73. The van der Waals surface area contributed by atoms with Crippen LogP contribution in [0.4, 0.5) is 0 Å². The summed E-state index contributed by atoms with van der Waals surface area (Å²) in [6.45, 7) is 2.64. The van der Waals surface area contributed by atoms with Crippen LogP contribution in [-0.2, 0) is 6.54 Å². The minimum atomic E-state index is -0.0593. The summed E-state index contributed by atoms with van der Waals surface area (Å²) in [5.41, 5.74) is 2.53. The van der Waals surface area contributed by atoms with Crippen LogP contribution >= 0.6 is 15.9 Å². The molecule has 5 heteroatoms. The molecular formula is C17H16BrN3O. The van der Waals surface area contributed by atoms with Crippen molar-refractivity contribution in [3.05, 3.63) is 80.8 Å². The first kappa shape index (κ1) is 14.9. The van der Waals surface area contributed by atoms with Gasteiger partial charge < -0.3 is 5.32 Å². The molecule has 0 unspecified atom stereocenters.